The average Bonchev–Trinajstić information content (AvgIpc) is 2.64. The van der Waals surface area contributed by atoms with E-state index in [1.165, 1.54) is 0 Å². The van der Waals surface area contributed by atoms with Gasteiger partial charge in [0.05, 0.1) is 38.0 Å². The first-order valence-corrected chi connectivity index (χ1v) is 8.44. The van der Waals surface area contributed by atoms with Gasteiger partial charge in [-0.3, -0.25) is 4.79 Å². The molecule has 0 aliphatic carbocycles. The minimum Gasteiger partial charge on any atom is -0.497 e. The quantitative estimate of drug-likeness (QED) is 0.733. The highest BCUT2D eigenvalue weighted by Gasteiger charge is 2.13. The summed E-state index contributed by atoms with van der Waals surface area (Å²) in [5.74, 6) is 0.563. The lowest BCUT2D eigenvalue weighted by Crippen LogP contribution is -2.15. The first kappa shape index (κ1) is 19.3. The second-order valence-electron chi connectivity index (χ2n) is 5.44. The van der Waals surface area contributed by atoms with Crippen molar-refractivity contribution in [3.8, 4) is 11.5 Å². The van der Waals surface area contributed by atoms with Crippen LogP contribution in [0.2, 0.25) is 0 Å². The van der Waals surface area contributed by atoms with Crippen LogP contribution in [0.25, 0.3) is 0 Å². The largest absolute Gasteiger partial charge is 0.497 e. The maximum absolute atomic E-state index is 12.3. The molecule has 1 amide bonds. The molecule has 0 aliphatic rings. The van der Waals surface area contributed by atoms with Crippen LogP contribution in [0, 0.1) is 0 Å². The van der Waals surface area contributed by atoms with Crippen molar-refractivity contribution in [2.24, 2.45) is 0 Å². The molecular weight excluding hydrogens is 334 g/mol. The van der Waals surface area contributed by atoms with Crippen molar-refractivity contribution in [3.63, 3.8) is 0 Å². The Balaban J connectivity index is 2.10. The summed E-state index contributed by atoms with van der Waals surface area (Å²) in [7, 11) is 1.59. The van der Waals surface area contributed by atoms with Crippen LogP contribution in [0.3, 0.4) is 0 Å². The van der Waals surface area contributed by atoms with Crippen molar-refractivity contribution >= 4 is 17.6 Å². The van der Waals surface area contributed by atoms with Crippen molar-refractivity contribution in [3.05, 3.63) is 53.6 Å². The lowest BCUT2D eigenvalue weighted by molar-refractivity contribution is -0.115. The summed E-state index contributed by atoms with van der Waals surface area (Å²) in [4.78, 5) is 24.2. The molecule has 0 saturated heterocycles. The molecule has 26 heavy (non-hydrogen) atoms. The monoisotopic (exact) mass is 357 g/mol. The number of nitrogens with one attached hydrogen (secondary N) is 1. The van der Waals surface area contributed by atoms with Crippen LogP contribution in [0.15, 0.2) is 42.5 Å². The minimum absolute atomic E-state index is 0.181. The highest BCUT2D eigenvalue weighted by atomic mass is 16.5. The summed E-state index contributed by atoms with van der Waals surface area (Å²) in [6, 6.07) is 12.1. The van der Waals surface area contributed by atoms with Crippen molar-refractivity contribution in [1.29, 1.82) is 0 Å². The predicted molar refractivity (Wildman–Crippen MR) is 98.9 cm³/mol. The van der Waals surface area contributed by atoms with E-state index in [0.29, 0.717) is 30.2 Å². The van der Waals surface area contributed by atoms with Gasteiger partial charge in [0.1, 0.15) is 11.5 Å². The van der Waals surface area contributed by atoms with E-state index in [1.54, 1.807) is 32.2 Å². The smallest absolute Gasteiger partial charge is 0.338 e. The molecule has 0 aromatic heterocycles. The first-order valence-electron chi connectivity index (χ1n) is 8.44. The van der Waals surface area contributed by atoms with Gasteiger partial charge in [-0.1, -0.05) is 12.1 Å². The summed E-state index contributed by atoms with van der Waals surface area (Å²) in [6.07, 6.45) is 0.217. The van der Waals surface area contributed by atoms with Gasteiger partial charge in [-0.25, -0.2) is 4.79 Å². The number of hydrogen-bond acceptors (Lipinski definition) is 5. The Kier molecular flexibility index (Phi) is 7.02. The zero-order chi connectivity index (χ0) is 18.9. The third-order valence-corrected chi connectivity index (χ3v) is 3.59. The Morgan fingerprint density at radius 2 is 1.73 bits per heavy atom. The number of ether oxygens (including phenoxy) is 3. The van der Waals surface area contributed by atoms with Gasteiger partial charge in [-0.05, 0) is 49.7 Å². The first-order chi connectivity index (χ1) is 12.6. The van der Waals surface area contributed by atoms with E-state index in [1.807, 2.05) is 31.2 Å². The Morgan fingerprint density at radius 1 is 1.00 bits per heavy atom. The van der Waals surface area contributed by atoms with E-state index >= 15 is 0 Å². The molecule has 0 saturated carbocycles. The van der Waals surface area contributed by atoms with Crippen LogP contribution in [0.4, 0.5) is 5.69 Å². The molecular formula is C20H23NO5. The lowest BCUT2D eigenvalue weighted by atomic mass is 10.1. The zero-order valence-electron chi connectivity index (χ0n) is 15.2. The number of rotatable bonds is 8. The van der Waals surface area contributed by atoms with Crippen LogP contribution in [0.1, 0.15) is 29.8 Å². The highest BCUT2D eigenvalue weighted by Crippen LogP contribution is 2.27. The van der Waals surface area contributed by atoms with Gasteiger partial charge in [-0.15, -0.1) is 0 Å². The molecule has 0 atom stereocenters. The molecule has 0 bridgehead atoms. The van der Waals surface area contributed by atoms with Crippen molar-refractivity contribution in [2.75, 3.05) is 25.6 Å². The predicted octanol–water partition coefficient (Wildman–Crippen LogP) is 3.45. The molecule has 138 valence electrons. The number of hydrogen-bond donors (Lipinski definition) is 1. The summed E-state index contributed by atoms with van der Waals surface area (Å²) in [6.45, 7) is 4.28. The summed E-state index contributed by atoms with van der Waals surface area (Å²) >= 11 is 0. The Hall–Kier alpha value is -3.02. The number of esters is 1. The van der Waals surface area contributed by atoms with Crippen molar-refractivity contribution in [1.82, 2.24) is 0 Å². The molecule has 0 fully saturated rings. The maximum Gasteiger partial charge on any atom is 0.338 e. The standard InChI is InChI=1S/C20H23NO5/c1-4-25-18-13-15(20(23)26-5-2)8-11-17(18)21-19(22)12-14-6-9-16(24-3)10-7-14/h6-11,13H,4-5,12H2,1-3H3,(H,21,22). The molecule has 0 spiro atoms. The molecule has 6 nitrogen and oxygen atoms in total. The number of anilines is 1. The van der Waals surface area contributed by atoms with Crippen LogP contribution in [-0.2, 0) is 16.0 Å². The van der Waals surface area contributed by atoms with Gasteiger partial charge in [0, 0.05) is 0 Å². The van der Waals surface area contributed by atoms with Crippen molar-refractivity contribution in [2.45, 2.75) is 20.3 Å². The van der Waals surface area contributed by atoms with Gasteiger partial charge in [-0.2, -0.15) is 0 Å². The van der Waals surface area contributed by atoms with Crippen LogP contribution in [0.5, 0.6) is 11.5 Å². The Bertz CT molecular complexity index is 755. The third kappa shape index (κ3) is 5.24. The van der Waals surface area contributed by atoms with Crippen LogP contribution < -0.4 is 14.8 Å². The number of carbonyl (C=O) groups is 2. The van der Waals surface area contributed by atoms with Gasteiger partial charge < -0.3 is 19.5 Å². The maximum atomic E-state index is 12.3. The van der Waals surface area contributed by atoms with Gasteiger partial charge in [0.25, 0.3) is 0 Å². The summed E-state index contributed by atoms with van der Waals surface area (Å²) in [5.41, 5.74) is 1.76. The van der Waals surface area contributed by atoms with Gasteiger partial charge >= 0.3 is 5.97 Å². The SMILES string of the molecule is CCOC(=O)c1ccc(NC(=O)Cc2ccc(OC)cc2)c(OCC)c1. The highest BCUT2D eigenvalue weighted by molar-refractivity contribution is 5.96. The number of amides is 1. The normalized spacial score (nSPS) is 10.1. The second kappa shape index (κ2) is 9.46. The molecule has 2 aromatic rings. The van der Waals surface area contributed by atoms with Gasteiger partial charge in [0.15, 0.2) is 0 Å². The fourth-order valence-electron chi connectivity index (χ4n) is 2.37. The molecule has 0 aliphatic heterocycles. The third-order valence-electron chi connectivity index (χ3n) is 3.59. The zero-order valence-corrected chi connectivity index (χ0v) is 15.2. The van der Waals surface area contributed by atoms with Crippen LogP contribution >= 0.6 is 0 Å². The number of methoxy groups -OCH3 is 1. The van der Waals surface area contributed by atoms with E-state index in [-0.39, 0.29) is 12.3 Å². The molecule has 0 radical (unpaired) electrons. The molecule has 0 heterocycles. The lowest BCUT2D eigenvalue weighted by Gasteiger charge is -2.13. The Labute approximate surface area is 153 Å². The number of benzene rings is 2. The fraction of sp³-hybridized carbons (Fsp3) is 0.300. The van der Waals surface area contributed by atoms with E-state index in [4.69, 9.17) is 14.2 Å². The van der Waals surface area contributed by atoms with E-state index in [2.05, 4.69) is 5.32 Å². The van der Waals surface area contributed by atoms with Crippen molar-refractivity contribution < 1.29 is 23.8 Å². The van der Waals surface area contributed by atoms with Gasteiger partial charge in [0.2, 0.25) is 5.91 Å². The topological polar surface area (TPSA) is 73.9 Å². The Morgan fingerprint density at radius 3 is 2.35 bits per heavy atom. The minimum atomic E-state index is -0.426. The molecule has 6 heteroatoms. The van der Waals surface area contributed by atoms with E-state index in [9.17, 15) is 9.59 Å². The van der Waals surface area contributed by atoms with E-state index in [0.717, 1.165) is 11.3 Å². The molecule has 0 unspecified atom stereocenters. The molecule has 1 N–H and O–H groups in total. The summed E-state index contributed by atoms with van der Waals surface area (Å²) < 4.78 is 15.6. The molecule has 2 aromatic carbocycles. The van der Waals surface area contributed by atoms with Crippen LogP contribution in [-0.4, -0.2) is 32.2 Å². The number of carbonyl (C=O) groups excluding carboxylic acids is 2. The average molecular weight is 357 g/mol. The van der Waals surface area contributed by atoms with E-state index < -0.39 is 5.97 Å². The fourth-order valence-corrected chi connectivity index (χ4v) is 2.37. The molecule has 2 rings (SSSR count). The summed E-state index contributed by atoms with van der Waals surface area (Å²) in [5, 5.41) is 2.82. The second-order valence-corrected chi connectivity index (χ2v) is 5.44.